The van der Waals surface area contributed by atoms with Gasteiger partial charge in [0.2, 0.25) is 5.91 Å². The fraction of sp³-hybridized carbons (Fsp3) is 0.296. The van der Waals surface area contributed by atoms with Gasteiger partial charge < -0.3 is 14.5 Å². The van der Waals surface area contributed by atoms with Crippen LogP contribution in [0.3, 0.4) is 0 Å². The first kappa shape index (κ1) is 25.5. The molecule has 0 atom stereocenters. The van der Waals surface area contributed by atoms with Gasteiger partial charge in [-0.2, -0.15) is 0 Å². The van der Waals surface area contributed by atoms with E-state index in [1.165, 1.54) is 19.2 Å². The Morgan fingerprint density at radius 3 is 2.14 bits per heavy atom. The molecule has 1 aliphatic rings. The Hall–Kier alpha value is -3.59. The van der Waals surface area contributed by atoms with Crippen LogP contribution in [0.5, 0.6) is 5.75 Å². The Morgan fingerprint density at radius 1 is 0.917 bits per heavy atom. The molecule has 3 aromatic carbocycles. The summed E-state index contributed by atoms with van der Waals surface area (Å²) in [7, 11) is -2.69. The number of anilines is 2. The first-order chi connectivity index (χ1) is 17.2. The van der Waals surface area contributed by atoms with Gasteiger partial charge in [0.1, 0.15) is 23.0 Å². The third-order valence-electron chi connectivity index (χ3n) is 6.31. The number of hydrogen-bond donors (Lipinski definition) is 0. The third-order valence-corrected chi connectivity index (χ3v) is 8.11. The summed E-state index contributed by atoms with van der Waals surface area (Å²) >= 11 is 0. The van der Waals surface area contributed by atoms with Gasteiger partial charge in [0.05, 0.1) is 12.8 Å². The van der Waals surface area contributed by atoms with Gasteiger partial charge in [-0.1, -0.05) is 23.8 Å². The van der Waals surface area contributed by atoms with Gasteiger partial charge in [-0.3, -0.25) is 9.10 Å². The predicted molar refractivity (Wildman–Crippen MR) is 139 cm³/mol. The highest BCUT2D eigenvalue weighted by atomic mass is 32.2. The molecule has 1 amide bonds. The molecule has 190 valence electrons. The summed E-state index contributed by atoms with van der Waals surface area (Å²) in [5.41, 5.74) is 3.04. The lowest BCUT2D eigenvalue weighted by Gasteiger charge is -2.37. The van der Waals surface area contributed by atoms with Crippen molar-refractivity contribution in [3.63, 3.8) is 0 Å². The van der Waals surface area contributed by atoms with Gasteiger partial charge in [0.15, 0.2) is 0 Å². The summed E-state index contributed by atoms with van der Waals surface area (Å²) in [5, 5.41) is 0. The number of piperazine rings is 1. The Morgan fingerprint density at radius 2 is 1.53 bits per heavy atom. The van der Waals surface area contributed by atoms with Crippen LogP contribution in [0.1, 0.15) is 11.1 Å². The quantitative estimate of drug-likeness (QED) is 0.480. The van der Waals surface area contributed by atoms with E-state index in [-0.39, 0.29) is 28.9 Å². The van der Waals surface area contributed by atoms with Crippen LogP contribution in [0, 0.1) is 19.7 Å². The van der Waals surface area contributed by atoms with Gasteiger partial charge in [-0.15, -0.1) is 0 Å². The van der Waals surface area contributed by atoms with Gasteiger partial charge in [-0.05, 0) is 67.9 Å². The number of ether oxygens (including phenoxy) is 1. The standard InChI is InChI=1S/C27H30FN3O4S/c1-20-4-9-24(10-5-20)31(36(33,34)26-18-21(2)6-13-25(26)35-3)19-27(32)30-16-14-29(15-17-30)23-11-7-22(28)8-12-23/h4-13,18H,14-17,19H2,1-3H3. The maximum absolute atomic E-state index is 13.9. The van der Waals surface area contributed by atoms with Gasteiger partial charge in [0.25, 0.3) is 10.0 Å². The molecule has 1 aliphatic heterocycles. The second-order valence-electron chi connectivity index (χ2n) is 8.85. The normalized spacial score (nSPS) is 14.0. The molecule has 7 nitrogen and oxygen atoms in total. The van der Waals surface area contributed by atoms with Gasteiger partial charge >= 0.3 is 0 Å². The number of benzene rings is 3. The predicted octanol–water partition coefficient (Wildman–Crippen LogP) is 4.00. The average molecular weight is 512 g/mol. The van der Waals surface area contributed by atoms with Crippen LogP contribution in [0.2, 0.25) is 0 Å². The molecule has 1 fully saturated rings. The summed E-state index contributed by atoms with van der Waals surface area (Å²) in [5.74, 6) is -0.363. The van der Waals surface area contributed by atoms with Gasteiger partial charge in [-0.25, -0.2) is 12.8 Å². The van der Waals surface area contributed by atoms with Crippen LogP contribution in [-0.2, 0) is 14.8 Å². The van der Waals surface area contributed by atoms with Crippen LogP contribution in [0.15, 0.2) is 71.6 Å². The van der Waals surface area contributed by atoms with E-state index in [4.69, 9.17) is 4.74 Å². The monoisotopic (exact) mass is 511 g/mol. The number of amides is 1. The first-order valence-electron chi connectivity index (χ1n) is 11.7. The van der Waals surface area contributed by atoms with Crippen molar-refractivity contribution in [2.24, 2.45) is 0 Å². The first-order valence-corrected chi connectivity index (χ1v) is 13.2. The maximum Gasteiger partial charge on any atom is 0.268 e. The van der Waals surface area contributed by atoms with Crippen molar-refractivity contribution in [2.75, 3.05) is 49.0 Å². The van der Waals surface area contributed by atoms with Crippen LogP contribution in [0.25, 0.3) is 0 Å². The van der Waals surface area contributed by atoms with E-state index in [9.17, 15) is 17.6 Å². The Bertz CT molecular complexity index is 1320. The number of methoxy groups -OCH3 is 1. The molecule has 4 rings (SSSR count). The number of rotatable bonds is 7. The molecule has 0 bridgehead atoms. The van der Waals surface area contributed by atoms with Crippen molar-refractivity contribution >= 4 is 27.3 Å². The topological polar surface area (TPSA) is 70.2 Å². The lowest BCUT2D eigenvalue weighted by atomic mass is 10.2. The Balaban J connectivity index is 1.58. The summed E-state index contributed by atoms with van der Waals surface area (Å²) < 4.78 is 47.5. The largest absolute Gasteiger partial charge is 0.495 e. The van der Waals surface area contributed by atoms with E-state index in [1.807, 2.05) is 19.1 Å². The summed E-state index contributed by atoms with van der Waals surface area (Å²) in [6.45, 7) is 5.40. The van der Waals surface area contributed by atoms with Crippen LogP contribution < -0.4 is 13.9 Å². The number of nitrogens with zero attached hydrogens (tertiary/aromatic N) is 3. The fourth-order valence-corrected chi connectivity index (χ4v) is 5.88. The van der Waals surface area contributed by atoms with Crippen molar-refractivity contribution in [1.29, 1.82) is 0 Å². The molecule has 0 radical (unpaired) electrons. The molecule has 0 N–H and O–H groups in total. The van der Waals surface area contributed by atoms with Crippen molar-refractivity contribution in [3.8, 4) is 5.75 Å². The fourth-order valence-electron chi connectivity index (χ4n) is 4.22. The minimum absolute atomic E-state index is 0.0134. The molecule has 0 aromatic heterocycles. The van der Waals surface area contributed by atoms with Crippen molar-refractivity contribution in [3.05, 3.63) is 83.7 Å². The lowest BCUT2D eigenvalue weighted by molar-refractivity contribution is -0.129. The van der Waals surface area contributed by atoms with Crippen molar-refractivity contribution in [2.45, 2.75) is 18.7 Å². The SMILES string of the molecule is COc1ccc(C)cc1S(=O)(=O)N(CC(=O)N1CCN(c2ccc(F)cc2)CC1)c1ccc(C)cc1. The van der Waals surface area contributed by atoms with Crippen molar-refractivity contribution < 1.29 is 22.3 Å². The molecule has 0 aliphatic carbocycles. The number of carbonyl (C=O) groups is 1. The highest BCUT2D eigenvalue weighted by molar-refractivity contribution is 7.93. The molecule has 9 heteroatoms. The maximum atomic E-state index is 13.9. The molecular weight excluding hydrogens is 481 g/mol. The molecule has 36 heavy (non-hydrogen) atoms. The van der Waals surface area contributed by atoms with E-state index >= 15 is 0 Å². The molecule has 3 aromatic rings. The molecule has 0 spiro atoms. The zero-order valence-electron chi connectivity index (χ0n) is 20.6. The number of hydrogen-bond acceptors (Lipinski definition) is 5. The van der Waals surface area contributed by atoms with E-state index in [0.29, 0.717) is 31.9 Å². The summed E-state index contributed by atoms with van der Waals surface area (Å²) in [6.07, 6.45) is 0. The smallest absolute Gasteiger partial charge is 0.268 e. The van der Waals surface area contributed by atoms with Crippen LogP contribution in [0.4, 0.5) is 15.8 Å². The van der Waals surface area contributed by atoms with Crippen LogP contribution in [-0.4, -0.2) is 59.1 Å². The average Bonchev–Trinajstić information content (AvgIpc) is 2.88. The number of carbonyl (C=O) groups excluding carboxylic acids is 1. The summed E-state index contributed by atoms with van der Waals surface area (Å²) in [6, 6.07) is 18.3. The second-order valence-corrected chi connectivity index (χ2v) is 10.7. The minimum atomic E-state index is -4.11. The second kappa shape index (κ2) is 10.6. The molecule has 0 unspecified atom stereocenters. The molecule has 1 heterocycles. The lowest BCUT2D eigenvalue weighted by Crippen LogP contribution is -2.52. The molecule has 0 saturated carbocycles. The van der Waals surface area contributed by atoms with Crippen LogP contribution >= 0.6 is 0 Å². The van der Waals surface area contributed by atoms with E-state index in [0.717, 1.165) is 21.1 Å². The third kappa shape index (κ3) is 5.46. The zero-order valence-corrected chi connectivity index (χ0v) is 21.5. The molecule has 1 saturated heterocycles. The number of aryl methyl sites for hydroxylation is 2. The highest BCUT2D eigenvalue weighted by Crippen LogP contribution is 2.31. The number of halogens is 1. The Kier molecular flexibility index (Phi) is 7.49. The van der Waals surface area contributed by atoms with Gasteiger partial charge in [0, 0.05) is 31.9 Å². The summed E-state index contributed by atoms with van der Waals surface area (Å²) in [4.78, 5) is 17.1. The van der Waals surface area contributed by atoms with Crippen molar-refractivity contribution in [1.82, 2.24) is 4.90 Å². The van der Waals surface area contributed by atoms with E-state index < -0.39 is 10.0 Å². The zero-order chi connectivity index (χ0) is 25.9. The number of sulfonamides is 1. The van der Waals surface area contributed by atoms with E-state index in [1.54, 1.807) is 54.3 Å². The minimum Gasteiger partial charge on any atom is -0.495 e. The highest BCUT2D eigenvalue weighted by Gasteiger charge is 2.32. The Labute approximate surface area is 211 Å². The van der Waals surface area contributed by atoms with E-state index in [2.05, 4.69) is 4.90 Å². The molecular formula is C27H30FN3O4S.